The molecule has 0 atom stereocenters. The molecule has 1 fully saturated rings. The molecule has 0 saturated carbocycles. The number of nitrogens with two attached hydrogens (primary N) is 1. The summed E-state index contributed by atoms with van der Waals surface area (Å²) in [5.74, 6) is 1.89. The van der Waals surface area contributed by atoms with Crippen molar-refractivity contribution in [1.29, 1.82) is 0 Å². The van der Waals surface area contributed by atoms with Gasteiger partial charge in [0.05, 0.1) is 13.1 Å². The number of rotatable bonds is 8. The Morgan fingerprint density at radius 1 is 1.32 bits per heavy atom. The Hall–Kier alpha value is -1.55. The molecule has 0 aromatic heterocycles. The molecule has 4 N–H and O–H groups in total. The second-order valence-electron chi connectivity index (χ2n) is 7.20. The number of para-hydroxylation sites is 1. The van der Waals surface area contributed by atoms with Crippen molar-refractivity contribution in [3.05, 3.63) is 29.8 Å². The quantitative estimate of drug-likeness (QED) is 0.218. The average Bonchev–Trinajstić information content (AvgIpc) is 2.65. The molecule has 1 amide bonds. The maximum absolute atomic E-state index is 11.0. The lowest BCUT2D eigenvalue weighted by Gasteiger charge is -2.32. The molecule has 1 aromatic rings. The van der Waals surface area contributed by atoms with Crippen molar-refractivity contribution in [2.45, 2.75) is 38.6 Å². The van der Waals surface area contributed by atoms with Gasteiger partial charge in [0.25, 0.3) is 0 Å². The molecule has 1 heterocycles. The van der Waals surface area contributed by atoms with Crippen LogP contribution in [0.4, 0.5) is 0 Å². The number of piperidine rings is 1. The lowest BCUT2D eigenvalue weighted by Crippen LogP contribution is -2.50. The molecule has 1 saturated heterocycles. The normalized spacial score (nSPS) is 15.8. The molecule has 1 aliphatic rings. The van der Waals surface area contributed by atoms with Crippen molar-refractivity contribution in [1.82, 2.24) is 15.5 Å². The van der Waals surface area contributed by atoms with Crippen LogP contribution < -0.4 is 21.1 Å². The Morgan fingerprint density at radius 2 is 2.00 bits per heavy atom. The zero-order chi connectivity index (χ0) is 19.6. The third-order valence-corrected chi connectivity index (χ3v) is 4.72. The molecule has 0 spiro atoms. The van der Waals surface area contributed by atoms with Crippen LogP contribution in [0, 0.1) is 0 Å². The van der Waals surface area contributed by atoms with Crippen LogP contribution in [0.5, 0.6) is 5.75 Å². The fourth-order valence-electron chi connectivity index (χ4n) is 3.26. The summed E-state index contributed by atoms with van der Waals surface area (Å²) in [5, 5.41) is 6.75. The molecule has 1 aliphatic heterocycles. The predicted molar refractivity (Wildman–Crippen MR) is 125 cm³/mol. The van der Waals surface area contributed by atoms with Gasteiger partial charge in [-0.05, 0) is 30.4 Å². The number of primary amides is 1. The van der Waals surface area contributed by atoms with Crippen LogP contribution in [0.15, 0.2) is 29.3 Å². The maximum atomic E-state index is 11.0. The highest BCUT2D eigenvalue weighted by molar-refractivity contribution is 14.0. The number of nitrogens with one attached hydrogen (secondary N) is 2. The van der Waals surface area contributed by atoms with E-state index in [1.165, 1.54) is 5.56 Å². The molecular formula is C20H34IN5O2. The highest BCUT2D eigenvalue weighted by atomic mass is 127. The van der Waals surface area contributed by atoms with Crippen LogP contribution in [0.3, 0.4) is 0 Å². The SMILES string of the molecule is CN=C(NCCOc1ccccc1C(C)C)NC1CCN(CC(N)=O)CC1.I. The first-order valence-electron chi connectivity index (χ1n) is 9.69. The minimum atomic E-state index is -0.266. The average molecular weight is 503 g/mol. The third kappa shape index (κ3) is 8.22. The number of nitrogens with zero attached hydrogens (tertiary/aromatic N) is 2. The lowest BCUT2D eigenvalue weighted by atomic mass is 10.0. The van der Waals surface area contributed by atoms with Crippen molar-refractivity contribution >= 4 is 35.8 Å². The minimum Gasteiger partial charge on any atom is -0.491 e. The molecule has 2 rings (SSSR count). The summed E-state index contributed by atoms with van der Waals surface area (Å²) in [7, 11) is 1.77. The van der Waals surface area contributed by atoms with Crippen LogP contribution in [-0.4, -0.2) is 62.6 Å². The van der Waals surface area contributed by atoms with Crippen molar-refractivity contribution in [3.8, 4) is 5.75 Å². The molecule has 0 aliphatic carbocycles. The van der Waals surface area contributed by atoms with Crippen molar-refractivity contribution in [2.75, 3.05) is 39.8 Å². The topological polar surface area (TPSA) is 92.0 Å². The number of benzene rings is 1. The molecule has 0 bridgehead atoms. The van der Waals surface area contributed by atoms with E-state index < -0.39 is 0 Å². The van der Waals surface area contributed by atoms with Crippen LogP contribution >= 0.6 is 24.0 Å². The minimum absolute atomic E-state index is 0. The Labute approximate surface area is 185 Å². The van der Waals surface area contributed by atoms with E-state index in [0.717, 1.165) is 37.6 Å². The fraction of sp³-hybridized carbons (Fsp3) is 0.600. The monoisotopic (exact) mass is 503 g/mol. The lowest BCUT2D eigenvalue weighted by molar-refractivity contribution is -0.119. The Balaban J connectivity index is 0.00000392. The van der Waals surface area contributed by atoms with Crippen molar-refractivity contribution in [2.24, 2.45) is 10.7 Å². The largest absolute Gasteiger partial charge is 0.491 e. The summed E-state index contributed by atoms with van der Waals surface area (Å²) >= 11 is 0. The van der Waals surface area contributed by atoms with E-state index in [4.69, 9.17) is 10.5 Å². The van der Waals surface area contributed by atoms with E-state index in [0.29, 0.717) is 31.7 Å². The predicted octanol–water partition coefficient (Wildman–Crippen LogP) is 1.92. The third-order valence-electron chi connectivity index (χ3n) is 4.72. The van der Waals surface area contributed by atoms with Crippen LogP contribution in [0.2, 0.25) is 0 Å². The van der Waals surface area contributed by atoms with Gasteiger partial charge in [-0.1, -0.05) is 32.0 Å². The van der Waals surface area contributed by atoms with Gasteiger partial charge in [0.15, 0.2) is 5.96 Å². The molecule has 0 radical (unpaired) electrons. The van der Waals surface area contributed by atoms with Crippen LogP contribution in [0.25, 0.3) is 0 Å². The Bertz CT molecular complexity index is 631. The van der Waals surface area contributed by atoms with Crippen LogP contribution in [-0.2, 0) is 4.79 Å². The number of guanidine groups is 1. The molecule has 8 heteroatoms. The molecule has 7 nitrogen and oxygen atoms in total. The van der Waals surface area contributed by atoms with E-state index in [1.54, 1.807) is 7.05 Å². The van der Waals surface area contributed by atoms with Crippen molar-refractivity contribution < 1.29 is 9.53 Å². The summed E-state index contributed by atoms with van der Waals surface area (Å²) in [6, 6.07) is 8.52. The van der Waals surface area contributed by atoms with E-state index in [9.17, 15) is 4.79 Å². The van der Waals surface area contributed by atoms with Gasteiger partial charge in [-0.15, -0.1) is 24.0 Å². The first-order chi connectivity index (χ1) is 13.0. The van der Waals surface area contributed by atoms with E-state index >= 15 is 0 Å². The number of carbonyl (C=O) groups is 1. The number of aliphatic imine (C=N–C) groups is 1. The van der Waals surface area contributed by atoms with Gasteiger partial charge in [-0.2, -0.15) is 0 Å². The summed E-state index contributed by atoms with van der Waals surface area (Å²) in [6.45, 7) is 7.66. The number of hydrogen-bond acceptors (Lipinski definition) is 4. The fourth-order valence-corrected chi connectivity index (χ4v) is 3.26. The number of halogens is 1. The number of amides is 1. The maximum Gasteiger partial charge on any atom is 0.231 e. The first kappa shape index (κ1) is 24.5. The Kier molecular flexibility index (Phi) is 11.2. The standard InChI is InChI=1S/C20H33N5O2.HI/c1-15(2)17-6-4-5-7-18(17)27-13-10-23-20(22-3)24-16-8-11-25(12-9-16)14-19(21)26;/h4-7,15-16H,8-14H2,1-3H3,(H2,21,26)(H2,22,23,24);1H. The van der Waals surface area contributed by atoms with Gasteiger partial charge in [0.2, 0.25) is 5.91 Å². The smallest absolute Gasteiger partial charge is 0.231 e. The first-order valence-corrected chi connectivity index (χ1v) is 9.69. The van der Waals surface area contributed by atoms with E-state index in [-0.39, 0.29) is 29.9 Å². The van der Waals surface area contributed by atoms with E-state index in [2.05, 4.69) is 40.4 Å². The van der Waals surface area contributed by atoms with Crippen LogP contribution in [0.1, 0.15) is 38.2 Å². The Morgan fingerprint density at radius 3 is 2.61 bits per heavy atom. The summed E-state index contributed by atoms with van der Waals surface area (Å²) in [4.78, 5) is 17.4. The second-order valence-corrected chi connectivity index (χ2v) is 7.20. The molecule has 1 aromatic carbocycles. The number of hydrogen-bond donors (Lipinski definition) is 3. The highest BCUT2D eigenvalue weighted by Crippen LogP contribution is 2.25. The zero-order valence-electron chi connectivity index (χ0n) is 17.1. The summed E-state index contributed by atoms with van der Waals surface area (Å²) < 4.78 is 5.94. The molecule has 0 unspecified atom stereocenters. The number of ether oxygens (including phenoxy) is 1. The van der Waals surface area contributed by atoms with Gasteiger partial charge in [-0.25, -0.2) is 0 Å². The van der Waals surface area contributed by atoms with Crippen molar-refractivity contribution in [3.63, 3.8) is 0 Å². The van der Waals surface area contributed by atoms with Gasteiger partial charge in [-0.3, -0.25) is 14.7 Å². The molecule has 158 valence electrons. The second kappa shape index (κ2) is 12.8. The number of likely N-dealkylation sites (tertiary alicyclic amines) is 1. The van der Waals surface area contributed by atoms with Gasteiger partial charge in [0, 0.05) is 26.2 Å². The highest BCUT2D eigenvalue weighted by Gasteiger charge is 2.20. The molecular weight excluding hydrogens is 469 g/mol. The van der Waals surface area contributed by atoms with E-state index in [1.807, 2.05) is 18.2 Å². The van der Waals surface area contributed by atoms with Gasteiger partial charge in [0.1, 0.15) is 12.4 Å². The van der Waals surface area contributed by atoms with Gasteiger partial charge < -0.3 is 21.1 Å². The zero-order valence-corrected chi connectivity index (χ0v) is 19.4. The van der Waals surface area contributed by atoms with Gasteiger partial charge >= 0.3 is 0 Å². The molecule has 28 heavy (non-hydrogen) atoms. The number of carbonyl (C=O) groups excluding carboxylic acids is 1. The summed E-state index contributed by atoms with van der Waals surface area (Å²) in [5.41, 5.74) is 6.48. The summed E-state index contributed by atoms with van der Waals surface area (Å²) in [6.07, 6.45) is 1.93.